The summed E-state index contributed by atoms with van der Waals surface area (Å²) in [5, 5.41) is 6.70. The molecule has 6 nitrogen and oxygen atoms in total. The molecule has 0 radical (unpaired) electrons. The van der Waals surface area contributed by atoms with Gasteiger partial charge >= 0.3 is 0 Å². The molecule has 0 saturated carbocycles. The van der Waals surface area contributed by atoms with Crippen LogP contribution in [0.3, 0.4) is 0 Å². The molecule has 118 valence electrons. The van der Waals surface area contributed by atoms with E-state index in [0.29, 0.717) is 13.0 Å². The average molecular weight is 303 g/mol. The number of H-pyrrole nitrogens is 1. The summed E-state index contributed by atoms with van der Waals surface area (Å²) in [4.78, 5) is 32.6. The van der Waals surface area contributed by atoms with E-state index >= 15 is 0 Å². The van der Waals surface area contributed by atoms with E-state index in [1.165, 1.54) is 0 Å². The van der Waals surface area contributed by atoms with Crippen molar-refractivity contribution >= 4 is 11.6 Å². The van der Waals surface area contributed by atoms with E-state index < -0.39 is 5.60 Å². The molecular formula is C16H21N3O3. The normalized spacial score (nSPS) is 23.5. The Labute approximate surface area is 128 Å². The number of pyridine rings is 1. The Bertz CT molecular complexity index is 692. The van der Waals surface area contributed by atoms with Gasteiger partial charge in [-0.3, -0.25) is 9.59 Å². The number of hydrogen-bond acceptors (Lipinski definition) is 4. The maximum atomic E-state index is 12.3. The van der Waals surface area contributed by atoms with Gasteiger partial charge in [0.25, 0.3) is 11.5 Å². The largest absolute Gasteiger partial charge is 0.387 e. The molecule has 22 heavy (non-hydrogen) atoms. The minimum Gasteiger partial charge on any atom is -0.387 e. The first-order valence-corrected chi connectivity index (χ1v) is 7.72. The predicted octanol–water partition coefficient (Wildman–Crippen LogP) is 1.54. The van der Waals surface area contributed by atoms with Gasteiger partial charge in [-0.1, -0.05) is 5.16 Å². The summed E-state index contributed by atoms with van der Waals surface area (Å²) in [7, 11) is 0. The van der Waals surface area contributed by atoms with E-state index in [1.54, 1.807) is 6.07 Å². The van der Waals surface area contributed by atoms with Gasteiger partial charge in [0.05, 0.1) is 12.3 Å². The second-order valence-corrected chi connectivity index (χ2v) is 6.45. The Kier molecular flexibility index (Phi) is 3.76. The van der Waals surface area contributed by atoms with E-state index in [9.17, 15) is 9.59 Å². The van der Waals surface area contributed by atoms with Crippen molar-refractivity contribution in [3.05, 3.63) is 33.2 Å². The van der Waals surface area contributed by atoms with E-state index in [2.05, 4.69) is 15.5 Å². The van der Waals surface area contributed by atoms with Crippen LogP contribution in [-0.4, -0.2) is 28.7 Å². The van der Waals surface area contributed by atoms with Gasteiger partial charge in [-0.25, -0.2) is 0 Å². The lowest BCUT2D eigenvalue weighted by Gasteiger charge is -2.22. The fourth-order valence-corrected chi connectivity index (χ4v) is 3.09. The number of hydrogen-bond donors (Lipinski definition) is 2. The van der Waals surface area contributed by atoms with E-state index in [0.717, 1.165) is 42.7 Å². The number of oxime groups is 1. The summed E-state index contributed by atoms with van der Waals surface area (Å²) in [6, 6.07) is 1.74. The lowest BCUT2D eigenvalue weighted by molar-refractivity contribution is -0.00183. The SMILES string of the molecule is CC1=NO[C@@](C)(CNC(=O)c2cc3c([nH]c2=O)CCCC3)C1. The van der Waals surface area contributed by atoms with Crippen molar-refractivity contribution in [2.75, 3.05) is 6.54 Å². The van der Waals surface area contributed by atoms with Gasteiger partial charge in [-0.2, -0.15) is 0 Å². The average Bonchev–Trinajstić information content (AvgIpc) is 2.84. The van der Waals surface area contributed by atoms with Crippen molar-refractivity contribution in [2.24, 2.45) is 5.16 Å². The molecule has 3 rings (SSSR count). The number of carbonyl (C=O) groups is 1. The van der Waals surface area contributed by atoms with Crippen molar-refractivity contribution in [3.63, 3.8) is 0 Å². The molecule has 0 saturated heterocycles. The minimum absolute atomic E-state index is 0.180. The first-order valence-electron chi connectivity index (χ1n) is 7.72. The topological polar surface area (TPSA) is 83.5 Å². The Morgan fingerprint density at radius 3 is 2.95 bits per heavy atom. The molecular weight excluding hydrogens is 282 g/mol. The first kappa shape index (κ1) is 14.8. The molecule has 2 N–H and O–H groups in total. The Morgan fingerprint density at radius 2 is 2.23 bits per heavy atom. The van der Waals surface area contributed by atoms with Gasteiger partial charge in [-0.15, -0.1) is 0 Å². The molecule has 1 atom stereocenters. The molecule has 1 aromatic heterocycles. The maximum absolute atomic E-state index is 12.3. The van der Waals surface area contributed by atoms with Crippen molar-refractivity contribution < 1.29 is 9.63 Å². The number of aryl methyl sites for hydroxylation is 2. The Hall–Kier alpha value is -2.11. The third kappa shape index (κ3) is 2.91. The highest BCUT2D eigenvalue weighted by Crippen LogP contribution is 2.22. The summed E-state index contributed by atoms with van der Waals surface area (Å²) in [6.45, 7) is 4.11. The summed E-state index contributed by atoms with van der Waals surface area (Å²) >= 11 is 0. The van der Waals surface area contributed by atoms with Gasteiger partial charge < -0.3 is 15.1 Å². The smallest absolute Gasteiger partial charge is 0.261 e. The van der Waals surface area contributed by atoms with Crippen molar-refractivity contribution in [1.82, 2.24) is 10.3 Å². The molecule has 0 fully saturated rings. The van der Waals surface area contributed by atoms with Crippen LogP contribution in [0.15, 0.2) is 16.0 Å². The van der Waals surface area contributed by atoms with E-state index in [1.807, 2.05) is 13.8 Å². The number of amides is 1. The summed E-state index contributed by atoms with van der Waals surface area (Å²) in [5.74, 6) is -0.357. The van der Waals surface area contributed by atoms with Crippen molar-refractivity contribution in [2.45, 2.75) is 51.6 Å². The third-order valence-corrected chi connectivity index (χ3v) is 4.26. The fraction of sp³-hybridized carbons (Fsp3) is 0.562. The molecule has 0 aromatic carbocycles. The van der Waals surface area contributed by atoms with Crippen molar-refractivity contribution in [3.8, 4) is 0 Å². The number of nitrogens with one attached hydrogen (secondary N) is 2. The first-order chi connectivity index (χ1) is 10.5. The third-order valence-electron chi connectivity index (χ3n) is 4.26. The number of rotatable bonds is 3. The zero-order valence-electron chi connectivity index (χ0n) is 13.0. The quantitative estimate of drug-likeness (QED) is 0.888. The molecule has 1 amide bonds. The van der Waals surface area contributed by atoms with Crippen LogP contribution >= 0.6 is 0 Å². The fourth-order valence-electron chi connectivity index (χ4n) is 3.09. The summed E-state index contributed by atoms with van der Waals surface area (Å²) < 4.78 is 0. The number of aromatic nitrogens is 1. The van der Waals surface area contributed by atoms with Crippen LogP contribution in [0.1, 0.15) is 54.7 Å². The molecule has 2 aliphatic rings. The van der Waals surface area contributed by atoms with Gasteiger partial charge in [0, 0.05) is 12.1 Å². The van der Waals surface area contributed by atoms with Crippen LogP contribution in [0.4, 0.5) is 0 Å². The van der Waals surface area contributed by atoms with Crippen LogP contribution in [-0.2, 0) is 17.7 Å². The standard InChI is InChI=1S/C16H21N3O3/c1-10-8-16(2,22-19-10)9-17-14(20)12-7-11-5-3-4-6-13(11)18-15(12)21/h7H,3-6,8-9H2,1-2H3,(H,17,20)(H,18,21)/t16-/m1/s1. The monoisotopic (exact) mass is 303 g/mol. The van der Waals surface area contributed by atoms with Crippen LogP contribution in [0.2, 0.25) is 0 Å². The zero-order chi connectivity index (χ0) is 15.7. The molecule has 1 aromatic rings. The van der Waals surface area contributed by atoms with E-state index in [4.69, 9.17) is 4.84 Å². The molecule has 6 heteroatoms. The maximum Gasteiger partial charge on any atom is 0.261 e. The molecule has 0 bridgehead atoms. The number of carbonyl (C=O) groups excluding carboxylic acids is 1. The number of fused-ring (bicyclic) bond motifs is 1. The van der Waals surface area contributed by atoms with Gasteiger partial charge in [-0.05, 0) is 51.2 Å². The van der Waals surface area contributed by atoms with E-state index in [-0.39, 0.29) is 17.0 Å². The highest BCUT2D eigenvalue weighted by molar-refractivity contribution is 5.94. The van der Waals surface area contributed by atoms with Crippen molar-refractivity contribution in [1.29, 1.82) is 0 Å². The summed E-state index contributed by atoms with van der Waals surface area (Å²) in [5.41, 5.74) is 2.30. The highest BCUT2D eigenvalue weighted by atomic mass is 16.7. The molecule has 1 aliphatic heterocycles. The number of aromatic amines is 1. The second kappa shape index (κ2) is 5.59. The molecule has 2 heterocycles. The minimum atomic E-state index is -0.527. The number of nitrogens with zero attached hydrogens (tertiary/aromatic N) is 1. The van der Waals surface area contributed by atoms with Gasteiger partial charge in [0.1, 0.15) is 5.56 Å². The van der Waals surface area contributed by atoms with Crippen LogP contribution < -0.4 is 10.9 Å². The lowest BCUT2D eigenvalue weighted by atomic mass is 9.95. The predicted molar refractivity (Wildman–Crippen MR) is 83.3 cm³/mol. The molecule has 0 unspecified atom stereocenters. The molecule has 0 spiro atoms. The lowest BCUT2D eigenvalue weighted by Crippen LogP contribution is -2.42. The van der Waals surface area contributed by atoms with Gasteiger partial charge in [0.15, 0.2) is 5.60 Å². The van der Waals surface area contributed by atoms with Crippen LogP contribution in [0.25, 0.3) is 0 Å². The second-order valence-electron chi connectivity index (χ2n) is 6.45. The van der Waals surface area contributed by atoms with Gasteiger partial charge in [0.2, 0.25) is 0 Å². The highest BCUT2D eigenvalue weighted by Gasteiger charge is 2.33. The van der Waals surface area contributed by atoms with Crippen LogP contribution in [0, 0.1) is 0 Å². The molecule has 1 aliphatic carbocycles. The Balaban J connectivity index is 1.71. The Morgan fingerprint density at radius 1 is 1.45 bits per heavy atom. The summed E-state index contributed by atoms with van der Waals surface area (Å²) in [6.07, 6.45) is 4.66. The van der Waals surface area contributed by atoms with Crippen LogP contribution in [0.5, 0.6) is 0 Å². The zero-order valence-corrected chi connectivity index (χ0v) is 13.0.